The topological polar surface area (TPSA) is 54.9 Å². The van der Waals surface area contributed by atoms with Crippen LogP contribution >= 0.6 is 0 Å². The number of hydrogen-bond donors (Lipinski definition) is 1. The average molecular weight is 448 g/mol. The van der Waals surface area contributed by atoms with E-state index in [1.165, 1.54) is 6.08 Å². The van der Waals surface area contributed by atoms with Gasteiger partial charge in [0.1, 0.15) is 16.8 Å². The first-order valence-electron chi connectivity index (χ1n) is 8.54. The summed E-state index contributed by atoms with van der Waals surface area (Å²) in [6.07, 6.45) is -1.62. The zero-order chi connectivity index (χ0) is 23.8. The second-order valence-electron chi connectivity index (χ2n) is 6.40. The van der Waals surface area contributed by atoms with E-state index in [9.17, 15) is 40.3 Å². The maximum Gasteiger partial charge on any atom is 0.422 e. The summed E-state index contributed by atoms with van der Waals surface area (Å²) in [5, 5.41) is 2.06. The van der Waals surface area contributed by atoms with E-state index >= 15 is 0 Å². The number of ketones is 1. The number of H-pyrrole nitrogens is 1. The number of allylic oxidation sites excluding steroid dienone is 5. The van der Waals surface area contributed by atoms with Gasteiger partial charge in [0.2, 0.25) is 0 Å². The van der Waals surface area contributed by atoms with E-state index in [2.05, 4.69) is 11.7 Å². The number of nitrogens with one attached hydrogen (secondary N) is 1. The van der Waals surface area contributed by atoms with Crippen LogP contribution in [0.2, 0.25) is 0 Å². The maximum atomic E-state index is 14.3. The van der Waals surface area contributed by atoms with Crippen molar-refractivity contribution in [2.24, 2.45) is 0 Å². The molecular formula is C20H15F7N2O2. The molecule has 0 aliphatic heterocycles. The van der Waals surface area contributed by atoms with Crippen LogP contribution in [0, 0.1) is 30.2 Å². The first-order chi connectivity index (χ1) is 14.3. The molecular weight excluding hydrogens is 433 g/mol. The molecule has 0 saturated heterocycles. The lowest BCUT2D eigenvalue weighted by atomic mass is 10.0. The molecule has 0 radical (unpaired) electrons. The van der Waals surface area contributed by atoms with Gasteiger partial charge in [0.15, 0.2) is 29.1 Å². The van der Waals surface area contributed by atoms with Gasteiger partial charge in [-0.25, -0.2) is 22.2 Å². The monoisotopic (exact) mass is 448 g/mol. The van der Waals surface area contributed by atoms with E-state index in [-0.39, 0.29) is 15.9 Å². The van der Waals surface area contributed by atoms with Gasteiger partial charge in [-0.05, 0) is 26.8 Å². The summed E-state index contributed by atoms with van der Waals surface area (Å²) in [6, 6.07) is 0. The zero-order valence-electron chi connectivity index (χ0n) is 16.3. The first-order valence-corrected chi connectivity index (χ1v) is 8.54. The number of carbonyl (C=O) groups excluding carboxylic acids is 1. The Morgan fingerprint density at radius 2 is 1.58 bits per heavy atom. The third kappa shape index (κ3) is 4.12. The molecule has 0 atom stereocenters. The second kappa shape index (κ2) is 8.40. The lowest BCUT2D eigenvalue weighted by molar-refractivity contribution is -0.143. The number of nitrogens with zero attached hydrogens (tertiary/aromatic N) is 1. The molecule has 1 heterocycles. The van der Waals surface area contributed by atoms with Crippen LogP contribution < -0.4 is 5.56 Å². The van der Waals surface area contributed by atoms with E-state index in [0.29, 0.717) is 5.57 Å². The SMILES string of the molecule is C=C/C(=C\C(C)=C/C)C(=O)c1c(C)[nH]n(-c2c(F)c(F)c(C(F)(F)F)c(F)c2F)c1=O. The van der Waals surface area contributed by atoms with Gasteiger partial charge in [0, 0.05) is 11.3 Å². The molecule has 4 nitrogen and oxygen atoms in total. The molecule has 1 aromatic heterocycles. The molecule has 0 amide bonds. The van der Waals surface area contributed by atoms with Crippen LogP contribution in [0.15, 0.2) is 40.7 Å². The predicted molar refractivity (Wildman–Crippen MR) is 98.0 cm³/mol. The number of benzene rings is 1. The van der Waals surface area contributed by atoms with Crippen LogP contribution in [0.1, 0.15) is 35.5 Å². The Morgan fingerprint density at radius 3 is 2.00 bits per heavy atom. The molecule has 0 saturated carbocycles. The molecule has 1 aromatic carbocycles. The highest BCUT2D eigenvalue weighted by molar-refractivity contribution is 6.11. The minimum Gasteiger partial charge on any atom is -0.294 e. The Bertz CT molecular complexity index is 1170. The number of aromatic amines is 1. The number of hydrogen-bond acceptors (Lipinski definition) is 2. The summed E-state index contributed by atoms with van der Waals surface area (Å²) in [5.41, 5.74) is -6.32. The summed E-state index contributed by atoms with van der Waals surface area (Å²) in [6.45, 7) is 7.90. The average Bonchev–Trinajstić information content (AvgIpc) is 2.97. The standard InChI is InChI=1S/C20H15F7N2O2/c1-5-8(3)7-10(6-2)18(30)11-9(4)28-29(19(11)31)17-15(23)13(21)12(20(25,26)27)14(22)16(17)24/h5-7,28H,2H2,1,3-4H3/b8-5-,10-7+. The molecule has 11 heteroatoms. The largest absolute Gasteiger partial charge is 0.422 e. The Balaban J connectivity index is 2.81. The lowest BCUT2D eigenvalue weighted by Crippen LogP contribution is -2.25. The number of aryl methyl sites for hydroxylation is 1. The van der Waals surface area contributed by atoms with Crippen molar-refractivity contribution in [2.75, 3.05) is 0 Å². The highest BCUT2D eigenvalue weighted by Gasteiger charge is 2.43. The van der Waals surface area contributed by atoms with Crippen molar-refractivity contribution >= 4 is 5.78 Å². The van der Waals surface area contributed by atoms with E-state index in [4.69, 9.17) is 0 Å². The summed E-state index contributed by atoms with van der Waals surface area (Å²) >= 11 is 0. The normalized spacial score (nSPS) is 13.0. The van der Waals surface area contributed by atoms with E-state index in [1.807, 2.05) is 0 Å². The molecule has 0 bridgehead atoms. The van der Waals surface area contributed by atoms with Crippen molar-refractivity contribution in [3.05, 3.63) is 86.4 Å². The Morgan fingerprint density at radius 1 is 1.06 bits per heavy atom. The smallest absolute Gasteiger partial charge is 0.294 e. The number of rotatable bonds is 5. The van der Waals surface area contributed by atoms with Crippen LogP contribution in [0.4, 0.5) is 30.7 Å². The highest BCUT2D eigenvalue weighted by atomic mass is 19.4. The van der Waals surface area contributed by atoms with E-state index in [0.717, 1.165) is 13.0 Å². The Hall–Kier alpha value is -3.37. The quantitative estimate of drug-likeness (QED) is 0.222. The Kier molecular flexibility index (Phi) is 6.48. The van der Waals surface area contributed by atoms with Crippen molar-refractivity contribution in [3.8, 4) is 5.69 Å². The van der Waals surface area contributed by atoms with Gasteiger partial charge >= 0.3 is 6.18 Å². The molecule has 166 valence electrons. The fourth-order valence-electron chi connectivity index (χ4n) is 2.73. The van der Waals surface area contributed by atoms with Gasteiger partial charge in [-0.2, -0.15) is 13.2 Å². The van der Waals surface area contributed by atoms with E-state index < -0.39 is 57.6 Å². The lowest BCUT2D eigenvalue weighted by Gasteiger charge is -2.14. The van der Waals surface area contributed by atoms with Crippen molar-refractivity contribution < 1.29 is 35.5 Å². The fraction of sp³-hybridized carbons (Fsp3) is 0.200. The van der Waals surface area contributed by atoms with Crippen molar-refractivity contribution in [3.63, 3.8) is 0 Å². The number of carbonyl (C=O) groups is 1. The van der Waals surface area contributed by atoms with Crippen LogP contribution in [-0.4, -0.2) is 15.6 Å². The minimum absolute atomic E-state index is 0.0667. The highest BCUT2D eigenvalue weighted by Crippen LogP contribution is 2.37. The predicted octanol–water partition coefficient (Wildman–Crippen LogP) is 5.31. The number of alkyl halides is 3. The molecule has 2 rings (SSSR count). The van der Waals surface area contributed by atoms with Crippen LogP contribution in [0.3, 0.4) is 0 Å². The minimum atomic E-state index is -5.74. The van der Waals surface area contributed by atoms with Gasteiger partial charge < -0.3 is 0 Å². The third-order valence-corrected chi connectivity index (χ3v) is 4.37. The van der Waals surface area contributed by atoms with Crippen LogP contribution in [0.25, 0.3) is 5.69 Å². The maximum absolute atomic E-state index is 14.3. The molecule has 0 aliphatic rings. The molecule has 0 unspecified atom stereocenters. The van der Waals surface area contributed by atoms with Crippen molar-refractivity contribution in [1.29, 1.82) is 0 Å². The second-order valence-corrected chi connectivity index (χ2v) is 6.40. The number of aromatic nitrogens is 2. The Labute approximate surface area is 171 Å². The fourth-order valence-corrected chi connectivity index (χ4v) is 2.73. The summed E-state index contributed by atoms with van der Waals surface area (Å²) in [7, 11) is 0. The van der Waals surface area contributed by atoms with Gasteiger partial charge in [-0.15, -0.1) is 0 Å². The van der Waals surface area contributed by atoms with Gasteiger partial charge in [-0.3, -0.25) is 14.7 Å². The molecule has 31 heavy (non-hydrogen) atoms. The molecule has 0 aliphatic carbocycles. The summed E-state index contributed by atoms with van der Waals surface area (Å²) in [5.74, 6) is -11.3. The molecule has 1 N–H and O–H groups in total. The zero-order valence-corrected chi connectivity index (χ0v) is 16.3. The van der Waals surface area contributed by atoms with Crippen molar-refractivity contribution in [2.45, 2.75) is 26.9 Å². The third-order valence-electron chi connectivity index (χ3n) is 4.37. The molecule has 0 spiro atoms. The molecule has 0 fully saturated rings. The number of halogens is 7. The van der Waals surface area contributed by atoms with Gasteiger partial charge in [0.05, 0.1) is 0 Å². The number of Topliss-reactive ketones (excluding diaryl/α,β-unsaturated/α-hetero) is 1. The van der Waals surface area contributed by atoms with Gasteiger partial charge in [-0.1, -0.05) is 24.3 Å². The summed E-state index contributed by atoms with van der Waals surface area (Å²) < 4.78 is 94.7. The molecule has 2 aromatic rings. The van der Waals surface area contributed by atoms with Crippen molar-refractivity contribution in [1.82, 2.24) is 9.78 Å². The first kappa shape index (κ1) is 23.9. The van der Waals surface area contributed by atoms with E-state index in [1.54, 1.807) is 19.9 Å². The van der Waals surface area contributed by atoms with Gasteiger partial charge in [0.25, 0.3) is 5.56 Å². The van der Waals surface area contributed by atoms with Crippen LogP contribution in [0.5, 0.6) is 0 Å². The van der Waals surface area contributed by atoms with Crippen LogP contribution in [-0.2, 0) is 6.18 Å². The summed E-state index contributed by atoms with van der Waals surface area (Å²) in [4.78, 5) is 25.4.